The van der Waals surface area contributed by atoms with E-state index >= 15 is 0 Å². The first-order chi connectivity index (χ1) is 6.18. The van der Waals surface area contributed by atoms with Crippen molar-refractivity contribution in [3.8, 4) is 5.75 Å². The van der Waals surface area contributed by atoms with Gasteiger partial charge in [-0.1, -0.05) is 33.8 Å². The van der Waals surface area contributed by atoms with E-state index in [4.69, 9.17) is 5.11 Å². The molecule has 0 aromatic heterocycles. The average Bonchev–Trinajstić information content (AvgIpc) is 2.09. The zero-order valence-corrected chi connectivity index (χ0v) is 9.68. The van der Waals surface area contributed by atoms with Crippen LogP contribution in [-0.2, 0) is 0 Å². The van der Waals surface area contributed by atoms with Crippen molar-refractivity contribution in [1.82, 2.24) is 0 Å². The summed E-state index contributed by atoms with van der Waals surface area (Å²) >= 11 is 0. The minimum Gasteiger partial charge on any atom is -0.508 e. The summed E-state index contributed by atoms with van der Waals surface area (Å²) in [6.45, 7) is 11.9. The zero-order chi connectivity index (χ0) is 10.9. The van der Waals surface area contributed by atoms with Gasteiger partial charge in [-0.3, -0.25) is 0 Å². The summed E-state index contributed by atoms with van der Waals surface area (Å²) in [5.74, 6) is 0.354. The molecule has 1 nitrogen and oxygen atoms in total. The SMILES string of the molecule is CC.CC.Cc1cc(C)cc(O)c1. The lowest BCUT2D eigenvalue weighted by Crippen LogP contribution is -1.74. The highest BCUT2D eigenvalue weighted by Gasteiger charge is 1.89. The van der Waals surface area contributed by atoms with Crippen LogP contribution in [-0.4, -0.2) is 5.11 Å². The molecule has 1 heteroatoms. The summed E-state index contributed by atoms with van der Waals surface area (Å²) in [6.07, 6.45) is 0. The topological polar surface area (TPSA) is 20.2 Å². The van der Waals surface area contributed by atoms with Crippen molar-refractivity contribution in [2.45, 2.75) is 41.5 Å². The highest BCUT2D eigenvalue weighted by Crippen LogP contribution is 2.13. The van der Waals surface area contributed by atoms with E-state index in [-0.39, 0.29) is 0 Å². The molecule has 0 amide bonds. The van der Waals surface area contributed by atoms with Crippen LogP contribution in [0.5, 0.6) is 5.75 Å². The van der Waals surface area contributed by atoms with Gasteiger partial charge in [-0.15, -0.1) is 0 Å². The molecule has 0 aliphatic heterocycles. The third-order valence-electron chi connectivity index (χ3n) is 1.21. The van der Waals surface area contributed by atoms with Crippen LogP contribution < -0.4 is 0 Å². The zero-order valence-electron chi connectivity index (χ0n) is 9.68. The molecule has 1 N–H and O–H groups in total. The molecular weight excluding hydrogens is 160 g/mol. The molecule has 1 aromatic rings. The molecule has 0 bridgehead atoms. The quantitative estimate of drug-likeness (QED) is 0.641. The average molecular weight is 182 g/mol. The summed E-state index contributed by atoms with van der Waals surface area (Å²) in [7, 11) is 0. The Kier molecular flexibility index (Phi) is 10.2. The van der Waals surface area contributed by atoms with Crippen LogP contribution in [0.3, 0.4) is 0 Å². The Bertz CT molecular complexity index is 166. The summed E-state index contributed by atoms with van der Waals surface area (Å²) in [5.41, 5.74) is 2.21. The van der Waals surface area contributed by atoms with Crippen LogP contribution in [0.4, 0.5) is 0 Å². The van der Waals surface area contributed by atoms with Gasteiger partial charge in [-0.2, -0.15) is 0 Å². The lowest BCUT2D eigenvalue weighted by molar-refractivity contribution is 0.474. The van der Waals surface area contributed by atoms with Gasteiger partial charge in [-0.25, -0.2) is 0 Å². The predicted molar refractivity (Wildman–Crippen MR) is 60.3 cm³/mol. The minimum atomic E-state index is 0.354. The van der Waals surface area contributed by atoms with Gasteiger partial charge in [-0.05, 0) is 37.1 Å². The van der Waals surface area contributed by atoms with Crippen molar-refractivity contribution in [1.29, 1.82) is 0 Å². The van der Waals surface area contributed by atoms with E-state index < -0.39 is 0 Å². The van der Waals surface area contributed by atoms with Crippen LogP contribution in [0.1, 0.15) is 38.8 Å². The minimum absolute atomic E-state index is 0.354. The van der Waals surface area contributed by atoms with Crippen molar-refractivity contribution in [2.75, 3.05) is 0 Å². The van der Waals surface area contributed by atoms with E-state index in [1.807, 2.05) is 47.6 Å². The molecule has 0 aliphatic rings. The Morgan fingerprint density at radius 2 is 1.08 bits per heavy atom. The first kappa shape index (κ1) is 14.5. The fourth-order valence-corrected chi connectivity index (χ4v) is 0.951. The number of phenolic OH excluding ortho intramolecular Hbond substituents is 1. The van der Waals surface area contributed by atoms with E-state index in [0.717, 1.165) is 11.1 Å². The van der Waals surface area contributed by atoms with Crippen LogP contribution in [0.25, 0.3) is 0 Å². The highest BCUT2D eigenvalue weighted by atomic mass is 16.3. The van der Waals surface area contributed by atoms with Gasteiger partial charge in [0, 0.05) is 0 Å². The molecule has 76 valence electrons. The van der Waals surface area contributed by atoms with Gasteiger partial charge in [0.05, 0.1) is 0 Å². The molecule has 0 heterocycles. The molecule has 0 radical (unpaired) electrons. The number of benzene rings is 1. The Hall–Kier alpha value is -0.980. The maximum absolute atomic E-state index is 8.99. The second-order valence-corrected chi connectivity index (χ2v) is 2.35. The Labute approximate surface area is 82.4 Å². The fraction of sp³-hybridized carbons (Fsp3) is 0.500. The summed E-state index contributed by atoms with van der Waals surface area (Å²) in [4.78, 5) is 0. The Morgan fingerprint density at radius 1 is 0.769 bits per heavy atom. The van der Waals surface area contributed by atoms with Gasteiger partial charge < -0.3 is 5.11 Å². The van der Waals surface area contributed by atoms with Crippen molar-refractivity contribution >= 4 is 0 Å². The van der Waals surface area contributed by atoms with Crippen LogP contribution >= 0.6 is 0 Å². The first-order valence-electron chi connectivity index (χ1n) is 4.96. The largest absolute Gasteiger partial charge is 0.508 e. The summed E-state index contributed by atoms with van der Waals surface area (Å²) in [5, 5.41) is 8.99. The molecule has 0 fully saturated rings. The molecule has 0 unspecified atom stereocenters. The smallest absolute Gasteiger partial charge is 0.116 e. The van der Waals surface area contributed by atoms with Gasteiger partial charge in [0.1, 0.15) is 5.75 Å². The third-order valence-corrected chi connectivity index (χ3v) is 1.21. The fourth-order valence-electron chi connectivity index (χ4n) is 0.951. The van der Waals surface area contributed by atoms with Crippen molar-refractivity contribution in [2.24, 2.45) is 0 Å². The molecular formula is C12H22O. The van der Waals surface area contributed by atoms with Crippen LogP contribution in [0.2, 0.25) is 0 Å². The summed E-state index contributed by atoms with van der Waals surface area (Å²) in [6, 6.07) is 5.51. The maximum atomic E-state index is 8.99. The van der Waals surface area contributed by atoms with Gasteiger partial charge >= 0.3 is 0 Å². The molecule has 0 saturated heterocycles. The number of aryl methyl sites for hydroxylation is 2. The van der Waals surface area contributed by atoms with Gasteiger partial charge in [0.25, 0.3) is 0 Å². The van der Waals surface area contributed by atoms with E-state index in [0.29, 0.717) is 5.75 Å². The van der Waals surface area contributed by atoms with Crippen LogP contribution in [0.15, 0.2) is 18.2 Å². The van der Waals surface area contributed by atoms with E-state index in [2.05, 4.69) is 0 Å². The van der Waals surface area contributed by atoms with E-state index in [1.165, 1.54) is 0 Å². The number of phenols is 1. The van der Waals surface area contributed by atoms with E-state index in [9.17, 15) is 0 Å². The number of aromatic hydroxyl groups is 1. The van der Waals surface area contributed by atoms with E-state index in [1.54, 1.807) is 12.1 Å². The number of rotatable bonds is 0. The number of hydrogen-bond acceptors (Lipinski definition) is 1. The highest BCUT2D eigenvalue weighted by molar-refractivity contribution is 5.31. The number of hydrogen-bond donors (Lipinski definition) is 1. The molecule has 0 aliphatic carbocycles. The van der Waals surface area contributed by atoms with Gasteiger partial charge in [0.2, 0.25) is 0 Å². The molecule has 0 spiro atoms. The van der Waals surface area contributed by atoms with Gasteiger partial charge in [0.15, 0.2) is 0 Å². The third kappa shape index (κ3) is 7.38. The lowest BCUT2D eigenvalue weighted by Gasteiger charge is -1.95. The lowest BCUT2D eigenvalue weighted by atomic mass is 10.1. The second kappa shape index (κ2) is 9.11. The van der Waals surface area contributed by atoms with Crippen molar-refractivity contribution in [3.63, 3.8) is 0 Å². The Balaban J connectivity index is 0. The van der Waals surface area contributed by atoms with Crippen LogP contribution in [0, 0.1) is 13.8 Å². The maximum Gasteiger partial charge on any atom is 0.116 e. The van der Waals surface area contributed by atoms with Crippen molar-refractivity contribution in [3.05, 3.63) is 29.3 Å². The normalized spacial score (nSPS) is 7.54. The monoisotopic (exact) mass is 182 g/mol. The standard InChI is InChI=1S/C8H10O.2C2H6/c1-6-3-7(2)5-8(9)4-6;2*1-2/h3-5,9H,1-2H3;2*1-2H3. The molecule has 0 atom stereocenters. The molecule has 1 aromatic carbocycles. The molecule has 13 heavy (non-hydrogen) atoms. The molecule has 1 rings (SSSR count). The molecule has 0 saturated carbocycles. The summed E-state index contributed by atoms with van der Waals surface area (Å²) < 4.78 is 0. The predicted octanol–water partition coefficient (Wildman–Crippen LogP) is 4.06. The Morgan fingerprint density at radius 3 is 1.31 bits per heavy atom. The van der Waals surface area contributed by atoms with Crippen molar-refractivity contribution < 1.29 is 5.11 Å². The first-order valence-corrected chi connectivity index (χ1v) is 4.96. The second-order valence-electron chi connectivity index (χ2n) is 2.35.